The molecule has 76 valence electrons. The van der Waals surface area contributed by atoms with Gasteiger partial charge in [-0.15, -0.1) is 0 Å². The second kappa shape index (κ2) is 3.40. The van der Waals surface area contributed by atoms with Gasteiger partial charge in [0, 0.05) is 6.08 Å². The number of allylic oxidation sites excluding steroid dienone is 4. The van der Waals surface area contributed by atoms with E-state index in [1.165, 1.54) is 0 Å². The number of hydrogen-bond donors (Lipinski definition) is 0. The van der Waals surface area contributed by atoms with Crippen molar-refractivity contribution < 1.29 is 22.8 Å². The molecule has 0 aliphatic heterocycles. The average molecular weight is 245 g/mol. The summed E-state index contributed by atoms with van der Waals surface area (Å²) in [6.07, 6.45) is -4.42. The third kappa shape index (κ3) is 1.83. The fourth-order valence-corrected chi connectivity index (χ4v) is 1.28. The number of carbonyl (C=O) groups is 2. The SMILES string of the molecule is O=C1C=C(Cl)C(=O)C(C(F)(F)F)=C1Cl. The Kier molecular flexibility index (Phi) is 2.74. The Labute approximate surface area is 86.0 Å². The normalized spacial score (nSPS) is 18.8. The van der Waals surface area contributed by atoms with Crippen molar-refractivity contribution in [2.24, 2.45) is 0 Å². The molecular weight excluding hydrogens is 244 g/mol. The van der Waals surface area contributed by atoms with Gasteiger partial charge in [-0.25, -0.2) is 0 Å². The smallest absolute Gasteiger partial charge is 0.288 e. The molecule has 0 saturated heterocycles. The van der Waals surface area contributed by atoms with Crippen LogP contribution < -0.4 is 0 Å². The molecule has 0 saturated carbocycles. The molecule has 0 heterocycles. The highest BCUT2D eigenvalue weighted by molar-refractivity contribution is 6.55. The maximum Gasteiger partial charge on any atom is 0.421 e. The first-order valence-electron chi connectivity index (χ1n) is 3.18. The Hall–Kier alpha value is -0.810. The minimum atomic E-state index is -4.97. The summed E-state index contributed by atoms with van der Waals surface area (Å²) in [5, 5.41) is -1.93. The maximum absolute atomic E-state index is 12.2. The Morgan fingerprint density at radius 3 is 2.07 bits per heavy atom. The van der Waals surface area contributed by atoms with Crippen LogP contribution in [0.4, 0.5) is 13.2 Å². The molecular formula is C7HCl2F3O2. The van der Waals surface area contributed by atoms with E-state index in [-0.39, 0.29) is 0 Å². The van der Waals surface area contributed by atoms with Crippen molar-refractivity contribution >= 4 is 34.8 Å². The summed E-state index contributed by atoms with van der Waals surface area (Å²) in [5.74, 6) is -2.60. The molecule has 0 atom stereocenters. The first-order valence-corrected chi connectivity index (χ1v) is 3.94. The molecule has 0 aromatic rings. The monoisotopic (exact) mass is 244 g/mol. The van der Waals surface area contributed by atoms with Gasteiger partial charge in [-0.05, 0) is 0 Å². The van der Waals surface area contributed by atoms with Gasteiger partial charge in [-0.2, -0.15) is 13.2 Å². The Morgan fingerprint density at radius 1 is 1.14 bits per heavy atom. The molecule has 0 aromatic heterocycles. The minimum absolute atomic E-state index is 0.557. The van der Waals surface area contributed by atoms with E-state index in [2.05, 4.69) is 0 Å². The van der Waals surface area contributed by atoms with E-state index in [0.29, 0.717) is 6.08 Å². The Bertz CT molecular complexity index is 379. The Balaban J connectivity index is 3.33. The van der Waals surface area contributed by atoms with Crippen LogP contribution in [-0.4, -0.2) is 17.7 Å². The highest BCUT2D eigenvalue weighted by Gasteiger charge is 2.45. The van der Waals surface area contributed by atoms with Gasteiger partial charge in [0.25, 0.3) is 0 Å². The largest absolute Gasteiger partial charge is 0.421 e. The minimum Gasteiger partial charge on any atom is -0.288 e. The molecule has 0 amide bonds. The zero-order chi connectivity index (χ0) is 11.1. The highest BCUT2D eigenvalue weighted by atomic mass is 35.5. The molecule has 1 aliphatic carbocycles. The Morgan fingerprint density at radius 2 is 1.64 bits per heavy atom. The van der Waals surface area contributed by atoms with Crippen LogP contribution in [0.25, 0.3) is 0 Å². The molecule has 0 radical (unpaired) electrons. The molecule has 0 unspecified atom stereocenters. The van der Waals surface area contributed by atoms with Crippen LogP contribution in [0.15, 0.2) is 21.7 Å². The average Bonchev–Trinajstić information content (AvgIpc) is 1.98. The zero-order valence-corrected chi connectivity index (χ0v) is 7.80. The van der Waals surface area contributed by atoms with Crippen molar-refractivity contribution in [3.05, 3.63) is 21.7 Å². The third-order valence-corrected chi connectivity index (χ3v) is 2.08. The van der Waals surface area contributed by atoms with E-state index < -0.39 is 33.4 Å². The van der Waals surface area contributed by atoms with Crippen LogP contribution in [0.2, 0.25) is 0 Å². The van der Waals surface area contributed by atoms with Gasteiger partial charge in [0.1, 0.15) is 10.6 Å². The van der Waals surface area contributed by atoms with Crippen molar-refractivity contribution in [1.82, 2.24) is 0 Å². The van der Waals surface area contributed by atoms with Gasteiger partial charge < -0.3 is 0 Å². The number of halogens is 5. The first-order chi connectivity index (χ1) is 6.25. The van der Waals surface area contributed by atoms with Crippen LogP contribution in [0.5, 0.6) is 0 Å². The number of alkyl halides is 3. The molecule has 0 aromatic carbocycles. The van der Waals surface area contributed by atoms with Crippen molar-refractivity contribution in [2.45, 2.75) is 6.18 Å². The second-order valence-electron chi connectivity index (χ2n) is 2.37. The van der Waals surface area contributed by atoms with Crippen LogP contribution >= 0.6 is 23.2 Å². The molecule has 1 aliphatic rings. The van der Waals surface area contributed by atoms with Gasteiger partial charge in [0.2, 0.25) is 5.78 Å². The summed E-state index contributed by atoms with van der Waals surface area (Å²) in [7, 11) is 0. The summed E-state index contributed by atoms with van der Waals surface area (Å²) in [6, 6.07) is 0. The van der Waals surface area contributed by atoms with E-state index in [1.54, 1.807) is 0 Å². The summed E-state index contributed by atoms with van der Waals surface area (Å²) in [4.78, 5) is 21.7. The van der Waals surface area contributed by atoms with Crippen molar-refractivity contribution in [1.29, 1.82) is 0 Å². The fraction of sp³-hybridized carbons (Fsp3) is 0.143. The standard InChI is InChI=1S/C7HCl2F3O2/c8-2-1-3(13)5(9)4(6(2)14)7(10,11)12/h1H. The molecule has 0 fully saturated rings. The molecule has 7 heteroatoms. The summed E-state index contributed by atoms with van der Waals surface area (Å²) >= 11 is 10.2. The van der Waals surface area contributed by atoms with Crippen LogP contribution in [-0.2, 0) is 9.59 Å². The van der Waals surface area contributed by atoms with E-state index in [1.807, 2.05) is 0 Å². The lowest BCUT2D eigenvalue weighted by Gasteiger charge is -2.14. The maximum atomic E-state index is 12.2. The van der Waals surface area contributed by atoms with Crippen LogP contribution in [0.3, 0.4) is 0 Å². The highest BCUT2D eigenvalue weighted by Crippen LogP contribution is 2.35. The molecule has 1 rings (SSSR count). The molecule has 0 bridgehead atoms. The number of Topliss-reactive ketones (excluding diaryl/α,β-unsaturated/α-hetero) is 1. The fourth-order valence-electron chi connectivity index (χ4n) is 0.839. The lowest BCUT2D eigenvalue weighted by molar-refractivity contribution is -0.127. The van der Waals surface area contributed by atoms with E-state index in [0.717, 1.165) is 0 Å². The molecule has 0 spiro atoms. The lowest BCUT2D eigenvalue weighted by atomic mass is 10.0. The van der Waals surface area contributed by atoms with Gasteiger partial charge in [-0.1, -0.05) is 23.2 Å². The predicted molar refractivity (Wildman–Crippen MR) is 42.9 cm³/mol. The van der Waals surface area contributed by atoms with Crippen LogP contribution in [0.1, 0.15) is 0 Å². The van der Waals surface area contributed by atoms with Gasteiger partial charge in [0.15, 0.2) is 5.78 Å². The zero-order valence-electron chi connectivity index (χ0n) is 6.28. The second-order valence-corrected chi connectivity index (χ2v) is 3.16. The van der Waals surface area contributed by atoms with Crippen molar-refractivity contribution in [2.75, 3.05) is 0 Å². The quantitative estimate of drug-likeness (QED) is 0.613. The van der Waals surface area contributed by atoms with Crippen molar-refractivity contribution in [3.8, 4) is 0 Å². The summed E-state index contributed by atoms with van der Waals surface area (Å²) in [6.45, 7) is 0. The van der Waals surface area contributed by atoms with Gasteiger partial charge >= 0.3 is 6.18 Å². The summed E-state index contributed by atoms with van der Waals surface area (Å²) in [5.41, 5.74) is -1.71. The van der Waals surface area contributed by atoms with Crippen molar-refractivity contribution in [3.63, 3.8) is 0 Å². The van der Waals surface area contributed by atoms with E-state index in [4.69, 9.17) is 23.2 Å². The number of ketones is 2. The first kappa shape index (κ1) is 11.3. The number of carbonyl (C=O) groups excluding carboxylic acids is 2. The van der Waals surface area contributed by atoms with Crippen LogP contribution in [0, 0.1) is 0 Å². The van der Waals surface area contributed by atoms with Gasteiger partial charge in [-0.3, -0.25) is 9.59 Å². The molecule has 0 N–H and O–H groups in total. The number of rotatable bonds is 0. The molecule has 2 nitrogen and oxygen atoms in total. The van der Waals surface area contributed by atoms with Gasteiger partial charge in [0.05, 0.1) is 5.03 Å². The predicted octanol–water partition coefficient (Wildman–Crippen LogP) is 2.32. The summed E-state index contributed by atoms with van der Waals surface area (Å²) < 4.78 is 36.6. The lowest BCUT2D eigenvalue weighted by Crippen LogP contribution is -2.26. The van der Waals surface area contributed by atoms with E-state index >= 15 is 0 Å². The topological polar surface area (TPSA) is 34.1 Å². The third-order valence-electron chi connectivity index (χ3n) is 1.42. The number of hydrogen-bond acceptors (Lipinski definition) is 2. The molecule has 14 heavy (non-hydrogen) atoms. The van der Waals surface area contributed by atoms with E-state index in [9.17, 15) is 22.8 Å².